The van der Waals surface area contributed by atoms with Crippen molar-refractivity contribution < 1.29 is 14.3 Å². The number of hydrogen-bond donors (Lipinski definition) is 1. The van der Waals surface area contributed by atoms with Gasteiger partial charge in [-0.1, -0.05) is 0 Å². The second-order valence-electron chi connectivity index (χ2n) is 4.11. The van der Waals surface area contributed by atoms with Crippen LogP contribution in [-0.4, -0.2) is 35.2 Å². The first-order valence-electron chi connectivity index (χ1n) is 5.59. The van der Waals surface area contributed by atoms with Gasteiger partial charge in [-0.3, -0.25) is 14.8 Å². The topological polar surface area (TPSA) is 43.8 Å². The highest BCUT2D eigenvalue weighted by atomic mass is 19.1. The fourth-order valence-electron chi connectivity index (χ4n) is 2.12. The molecule has 5 heteroatoms. The SMILES string of the molecule is CC1CC(=O)N(CCO)N1c1ccc(F)cc1. The van der Waals surface area contributed by atoms with Crippen molar-refractivity contribution in [2.24, 2.45) is 0 Å². The molecule has 1 saturated heterocycles. The number of aliphatic hydroxyl groups is 1. The highest BCUT2D eigenvalue weighted by molar-refractivity contribution is 5.82. The highest BCUT2D eigenvalue weighted by Crippen LogP contribution is 2.27. The first-order chi connectivity index (χ1) is 8.13. The second-order valence-corrected chi connectivity index (χ2v) is 4.11. The number of β-amino-alcohol motifs (C(OH)–C–C–N with tert-alkyl or cyclic N) is 1. The third kappa shape index (κ3) is 2.24. The molecule has 0 saturated carbocycles. The van der Waals surface area contributed by atoms with Crippen molar-refractivity contribution in [3.63, 3.8) is 0 Å². The van der Waals surface area contributed by atoms with Gasteiger partial charge in [0.1, 0.15) is 5.82 Å². The Bertz CT molecular complexity index is 407. The quantitative estimate of drug-likeness (QED) is 0.859. The Morgan fingerprint density at radius 3 is 2.65 bits per heavy atom. The summed E-state index contributed by atoms with van der Waals surface area (Å²) < 4.78 is 12.9. The minimum atomic E-state index is -0.305. The van der Waals surface area contributed by atoms with Gasteiger partial charge in [-0.05, 0) is 31.2 Å². The molecule has 1 aromatic carbocycles. The molecule has 1 N–H and O–H groups in total. The molecule has 0 spiro atoms. The molecule has 0 aliphatic carbocycles. The minimum Gasteiger partial charge on any atom is -0.394 e. The lowest BCUT2D eigenvalue weighted by molar-refractivity contribution is -0.128. The molecule has 0 radical (unpaired) electrons. The molecule has 2 rings (SSSR count). The summed E-state index contributed by atoms with van der Waals surface area (Å²) in [5, 5.41) is 12.3. The number of hydrazine groups is 1. The number of anilines is 1. The lowest BCUT2D eigenvalue weighted by Gasteiger charge is -2.32. The third-order valence-electron chi connectivity index (χ3n) is 2.84. The molecule has 4 nitrogen and oxygen atoms in total. The average molecular weight is 238 g/mol. The van der Waals surface area contributed by atoms with E-state index < -0.39 is 0 Å². The number of hydrogen-bond acceptors (Lipinski definition) is 3. The summed E-state index contributed by atoms with van der Waals surface area (Å²) in [6, 6.07) is 6.02. The molecule has 1 aliphatic rings. The van der Waals surface area contributed by atoms with Crippen LogP contribution in [0.4, 0.5) is 10.1 Å². The molecular formula is C12H15FN2O2. The predicted octanol–water partition coefficient (Wildman–Crippen LogP) is 1.16. The molecular weight excluding hydrogens is 223 g/mol. The zero-order valence-corrected chi connectivity index (χ0v) is 9.64. The number of carbonyl (C=O) groups is 1. The van der Waals surface area contributed by atoms with E-state index in [-0.39, 0.29) is 30.9 Å². The molecule has 1 aliphatic heterocycles. The molecule has 1 aromatic rings. The van der Waals surface area contributed by atoms with Gasteiger partial charge in [0.15, 0.2) is 0 Å². The lowest BCUT2D eigenvalue weighted by Crippen LogP contribution is -2.43. The number of rotatable bonds is 3. The normalized spacial score (nSPS) is 20.2. The molecule has 17 heavy (non-hydrogen) atoms. The number of halogens is 1. The van der Waals surface area contributed by atoms with E-state index >= 15 is 0 Å². The van der Waals surface area contributed by atoms with Gasteiger partial charge in [0.25, 0.3) is 0 Å². The summed E-state index contributed by atoms with van der Waals surface area (Å²) in [5.41, 5.74) is 0.762. The zero-order valence-electron chi connectivity index (χ0n) is 9.64. The van der Waals surface area contributed by atoms with Crippen LogP contribution in [0.25, 0.3) is 0 Å². The summed E-state index contributed by atoms with van der Waals surface area (Å²) >= 11 is 0. The van der Waals surface area contributed by atoms with Gasteiger partial charge >= 0.3 is 0 Å². The van der Waals surface area contributed by atoms with Gasteiger partial charge in [-0.15, -0.1) is 0 Å². The van der Waals surface area contributed by atoms with Crippen LogP contribution >= 0.6 is 0 Å². The van der Waals surface area contributed by atoms with E-state index in [9.17, 15) is 9.18 Å². The Balaban J connectivity index is 2.28. The van der Waals surface area contributed by atoms with E-state index in [0.29, 0.717) is 6.42 Å². The van der Waals surface area contributed by atoms with Crippen molar-refractivity contribution in [3.05, 3.63) is 30.1 Å². The molecule has 0 bridgehead atoms. The monoisotopic (exact) mass is 238 g/mol. The van der Waals surface area contributed by atoms with Crippen LogP contribution in [0.15, 0.2) is 24.3 Å². The molecule has 1 heterocycles. The molecule has 1 unspecified atom stereocenters. The van der Waals surface area contributed by atoms with E-state index in [1.807, 2.05) is 6.92 Å². The number of nitrogens with zero attached hydrogens (tertiary/aromatic N) is 2. The van der Waals surface area contributed by atoms with Crippen LogP contribution in [-0.2, 0) is 4.79 Å². The minimum absolute atomic E-state index is 0.0177. The van der Waals surface area contributed by atoms with Crippen LogP contribution in [0.2, 0.25) is 0 Å². The summed E-state index contributed by atoms with van der Waals surface area (Å²) in [6.45, 7) is 2.11. The first-order valence-corrected chi connectivity index (χ1v) is 5.59. The summed E-state index contributed by atoms with van der Waals surface area (Å²) in [7, 11) is 0. The van der Waals surface area contributed by atoms with Crippen LogP contribution in [0.1, 0.15) is 13.3 Å². The molecule has 1 fully saturated rings. The zero-order chi connectivity index (χ0) is 12.4. The number of carbonyl (C=O) groups excluding carboxylic acids is 1. The third-order valence-corrected chi connectivity index (χ3v) is 2.84. The van der Waals surface area contributed by atoms with Gasteiger partial charge in [0.2, 0.25) is 5.91 Å². The smallest absolute Gasteiger partial charge is 0.243 e. The van der Waals surface area contributed by atoms with Crippen molar-refractivity contribution in [1.29, 1.82) is 0 Å². The largest absolute Gasteiger partial charge is 0.394 e. The Kier molecular flexibility index (Phi) is 3.28. The number of benzene rings is 1. The van der Waals surface area contributed by atoms with Crippen molar-refractivity contribution in [2.45, 2.75) is 19.4 Å². The number of amides is 1. The van der Waals surface area contributed by atoms with Crippen LogP contribution in [0.5, 0.6) is 0 Å². The Labute approximate surface area is 99.2 Å². The summed E-state index contributed by atoms with van der Waals surface area (Å²) in [6.07, 6.45) is 0.414. The maximum absolute atomic E-state index is 12.9. The fraction of sp³-hybridized carbons (Fsp3) is 0.417. The Morgan fingerprint density at radius 2 is 2.06 bits per heavy atom. The van der Waals surface area contributed by atoms with Crippen molar-refractivity contribution in [3.8, 4) is 0 Å². The van der Waals surface area contributed by atoms with Crippen LogP contribution in [0, 0.1) is 5.82 Å². The first kappa shape index (κ1) is 11.9. The number of aliphatic hydroxyl groups excluding tert-OH is 1. The molecule has 1 atom stereocenters. The molecule has 0 aromatic heterocycles. The maximum Gasteiger partial charge on any atom is 0.243 e. The van der Waals surface area contributed by atoms with E-state index in [2.05, 4.69) is 0 Å². The highest BCUT2D eigenvalue weighted by Gasteiger charge is 2.34. The standard InChI is InChI=1S/C12H15FN2O2/c1-9-8-12(17)14(6-7-16)15(9)11-4-2-10(13)3-5-11/h2-5,9,16H,6-8H2,1H3. The predicted molar refractivity (Wildman–Crippen MR) is 61.8 cm³/mol. The van der Waals surface area contributed by atoms with Gasteiger partial charge in [-0.25, -0.2) is 4.39 Å². The average Bonchev–Trinajstić information content (AvgIpc) is 2.56. The van der Waals surface area contributed by atoms with E-state index in [1.165, 1.54) is 17.1 Å². The van der Waals surface area contributed by atoms with E-state index in [4.69, 9.17) is 5.11 Å². The van der Waals surface area contributed by atoms with Crippen LogP contribution in [0.3, 0.4) is 0 Å². The molecule has 92 valence electrons. The summed E-state index contributed by atoms with van der Waals surface area (Å²) in [4.78, 5) is 11.7. The van der Waals surface area contributed by atoms with Crippen molar-refractivity contribution in [2.75, 3.05) is 18.2 Å². The van der Waals surface area contributed by atoms with Gasteiger partial charge in [0.05, 0.1) is 31.3 Å². The summed E-state index contributed by atoms with van der Waals surface area (Å²) in [5.74, 6) is -0.323. The van der Waals surface area contributed by atoms with Crippen molar-refractivity contribution >= 4 is 11.6 Å². The van der Waals surface area contributed by atoms with Gasteiger partial charge < -0.3 is 5.11 Å². The Morgan fingerprint density at radius 1 is 1.41 bits per heavy atom. The molecule has 1 amide bonds. The van der Waals surface area contributed by atoms with Gasteiger partial charge in [0, 0.05) is 0 Å². The lowest BCUT2D eigenvalue weighted by atomic mass is 10.2. The van der Waals surface area contributed by atoms with Crippen LogP contribution < -0.4 is 5.01 Å². The fourth-order valence-corrected chi connectivity index (χ4v) is 2.12. The van der Waals surface area contributed by atoms with E-state index in [0.717, 1.165) is 5.69 Å². The Hall–Kier alpha value is -1.62. The van der Waals surface area contributed by atoms with Crippen molar-refractivity contribution in [1.82, 2.24) is 5.01 Å². The van der Waals surface area contributed by atoms with E-state index in [1.54, 1.807) is 17.1 Å². The second kappa shape index (κ2) is 4.71. The maximum atomic E-state index is 12.9. The van der Waals surface area contributed by atoms with Gasteiger partial charge in [-0.2, -0.15) is 0 Å².